The molecule has 4 N–H and O–H groups in total. The van der Waals surface area contributed by atoms with Crippen molar-refractivity contribution in [3.8, 4) is 0 Å². The van der Waals surface area contributed by atoms with E-state index >= 15 is 0 Å². The first-order valence-electron chi connectivity index (χ1n) is 5.48. The van der Waals surface area contributed by atoms with Gasteiger partial charge in [0.25, 0.3) is 0 Å². The Morgan fingerprint density at radius 3 is 2.78 bits per heavy atom. The number of nitrogens with zero attached hydrogens (tertiary/aromatic N) is 1. The first-order chi connectivity index (χ1) is 8.58. The fraction of sp³-hybridized carbons (Fsp3) is 0.154. The molecule has 5 heteroatoms. The molecular formula is C13H13BrClN3. The van der Waals surface area contributed by atoms with E-state index in [2.05, 4.69) is 20.9 Å². The molecule has 0 fully saturated rings. The third-order valence-corrected chi connectivity index (χ3v) is 3.69. The summed E-state index contributed by atoms with van der Waals surface area (Å²) >= 11 is 9.41. The van der Waals surface area contributed by atoms with Crippen LogP contribution in [0.2, 0.25) is 5.02 Å². The molecule has 3 nitrogen and oxygen atoms in total. The Balaban J connectivity index is 2.25. The van der Waals surface area contributed by atoms with E-state index in [0.717, 1.165) is 15.6 Å². The summed E-state index contributed by atoms with van der Waals surface area (Å²) < 4.78 is 1.04. The lowest BCUT2D eigenvalue weighted by Crippen LogP contribution is -2.16. The highest BCUT2D eigenvalue weighted by atomic mass is 79.9. The number of hydrogen-bond donors (Lipinski definition) is 2. The van der Waals surface area contributed by atoms with Crippen LogP contribution in [0.25, 0.3) is 0 Å². The van der Waals surface area contributed by atoms with E-state index in [-0.39, 0.29) is 6.04 Å². The Morgan fingerprint density at radius 1 is 1.33 bits per heavy atom. The van der Waals surface area contributed by atoms with Crippen molar-refractivity contribution in [2.75, 3.05) is 5.73 Å². The number of nitrogens with two attached hydrogens (primary N) is 2. The molecule has 0 bridgehead atoms. The minimum absolute atomic E-state index is 0.227. The zero-order chi connectivity index (χ0) is 13.1. The molecule has 1 atom stereocenters. The van der Waals surface area contributed by atoms with Crippen LogP contribution in [0, 0.1) is 0 Å². The normalized spacial score (nSPS) is 12.4. The van der Waals surface area contributed by atoms with E-state index in [1.54, 1.807) is 6.07 Å². The van der Waals surface area contributed by atoms with E-state index in [1.165, 1.54) is 6.20 Å². The molecule has 94 valence electrons. The molecule has 0 amide bonds. The highest BCUT2D eigenvalue weighted by molar-refractivity contribution is 9.10. The van der Waals surface area contributed by atoms with E-state index in [1.807, 2.05) is 24.3 Å². The third-order valence-electron chi connectivity index (χ3n) is 2.71. The minimum Gasteiger partial charge on any atom is -0.383 e. The first-order valence-corrected chi connectivity index (χ1v) is 6.65. The Bertz CT molecular complexity index is 560. The topological polar surface area (TPSA) is 64.9 Å². The largest absolute Gasteiger partial charge is 0.383 e. The molecule has 2 rings (SSSR count). The van der Waals surface area contributed by atoms with Crippen molar-refractivity contribution in [2.45, 2.75) is 12.5 Å². The second-order valence-corrected chi connectivity index (χ2v) is 5.32. The van der Waals surface area contributed by atoms with Crippen LogP contribution >= 0.6 is 27.5 Å². The maximum Gasteiger partial charge on any atom is 0.128 e. The molecule has 1 aromatic carbocycles. The highest BCUT2D eigenvalue weighted by Gasteiger charge is 2.13. The SMILES string of the molecule is Nc1ncc(Cl)cc1C(N)Cc1ccccc1Br. The lowest BCUT2D eigenvalue weighted by Gasteiger charge is -2.15. The van der Waals surface area contributed by atoms with E-state index in [4.69, 9.17) is 23.1 Å². The van der Waals surface area contributed by atoms with Gasteiger partial charge in [-0.3, -0.25) is 0 Å². The van der Waals surface area contributed by atoms with Crippen LogP contribution in [0.3, 0.4) is 0 Å². The van der Waals surface area contributed by atoms with Gasteiger partial charge in [-0.1, -0.05) is 45.7 Å². The second kappa shape index (κ2) is 5.69. The van der Waals surface area contributed by atoms with Crippen molar-refractivity contribution < 1.29 is 0 Å². The van der Waals surface area contributed by atoms with Gasteiger partial charge in [0.2, 0.25) is 0 Å². The predicted octanol–water partition coefficient (Wildman–Crippen LogP) is 3.32. The van der Waals surface area contributed by atoms with Gasteiger partial charge in [-0.05, 0) is 24.1 Å². The fourth-order valence-corrected chi connectivity index (χ4v) is 2.39. The van der Waals surface area contributed by atoms with Gasteiger partial charge < -0.3 is 11.5 Å². The van der Waals surface area contributed by atoms with Gasteiger partial charge in [-0.15, -0.1) is 0 Å². The Morgan fingerprint density at radius 2 is 2.06 bits per heavy atom. The van der Waals surface area contributed by atoms with Gasteiger partial charge in [0.1, 0.15) is 5.82 Å². The molecule has 18 heavy (non-hydrogen) atoms. The van der Waals surface area contributed by atoms with Crippen LogP contribution in [0.4, 0.5) is 5.82 Å². The summed E-state index contributed by atoms with van der Waals surface area (Å²) in [5.74, 6) is 0.430. The number of nitrogen functional groups attached to an aromatic ring is 1. The van der Waals surface area contributed by atoms with Gasteiger partial charge in [-0.2, -0.15) is 0 Å². The zero-order valence-electron chi connectivity index (χ0n) is 9.61. The summed E-state index contributed by atoms with van der Waals surface area (Å²) in [7, 11) is 0. The number of anilines is 1. The summed E-state index contributed by atoms with van der Waals surface area (Å²) in [6, 6.07) is 9.50. The Hall–Kier alpha value is -1.10. The monoisotopic (exact) mass is 325 g/mol. The summed E-state index contributed by atoms with van der Waals surface area (Å²) in [5.41, 5.74) is 13.9. The number of halogens is 2. The quantitative estimate of drug-likeness (QED) is 0.909. The predicted molar refractivity (Wildman–Crippen MR) is 78.4 cm³/mol. The van der Waals surface area contributed by atoms with Crippen LogP contribution in [0.1, 0.15) is 17.2 Å². The van der Waals surface area contributed by atoms with Gasteiger partial charge in [0, 0.05) is 22.3 Å². The zero-order valence-corrected chi connectivity index (χ0v) is 11.9. The van der Waals surface area contributed by atoms with Crippen molar-refractivity contribution in [3.05, 3.63) is 57.2 Å². The first kappa shape index (κ1) is 13.3. The average Bonchev–Trinajstić information content (AvgIpc) is 2.35. The minimum atomic E-state index is -0.227. The molecule has 2 aromatic rings. The van der Waals surface area contributed by atoms with Crippen molar-refractivity contribution in [1.82, 2.24) is 4.98 Å². The van der Waals surface area contributed by atoms with E-state index in [9.17, 15) is 0 Å². The van der Waals surface area contributed by atoms with Gasteiger partial charge in [-0.25, -0.2) is 4.98 Å². The van der Waals surface area contributed by atoms with Crippen LogP contribution in [-0.4, -0.2) is 4.98 Å². The van der Waals surface area contributed by atoms with Crippen LogP contribution in [0.5, 0.6) is 0 Å². The maximum atomic E-state index is 6.17. The average molecular weight is 327 g/mol. The lowest BCUT2D eigenvalue weighted by molar-refractivity contribution is 0.719. The smallest absolute Gasteiger partial charge is 0.128 e. The number of hydrogen-bond acceptors (Lipinski definition) is 3. The molecule has 1 unspecified atom stereocenters. The summed E-state index contributed by atoms with van der Waals surface area (Å²) in [6.07, 6.45) is 2.19. The van der Waals surface area contributed by atoms with Crippen molar-refractivity contribution >= 4 is 33.3 Å². The van der Waals surface area contributed by atoms with Crippen molar-refractivity contribution in [2.24, 2.45) is 5.73 Å². The number of rotatable bonds is 3. The van der Waals surface area contributed by atoms with Crippen molar-refractivity contribution in [3.63, 3.8) is 0 Å². The van der Waals surface area contributed by atoms with Gasteiger partial charge in [0.05, 0.1) is 5.02 Å². The highest BCUT2D eigenvalue weighted by Crippen LogP contribution is 2.26. The van der Waals surface area contributed by atoms with E-state index in [0.29, 0.717) is 17.3 Å². The summed E-state index contributed by atoms with van der Waals surface area (Å²) in [4.78, 5) is 4.02. The fourth-order valence-electron chi connectivity index (χ4n) is 1.77. The second-order valence-electron chi connectivity index (χ2n) is 4.03. The summed E-state index contributed by atoms with van der Waals surface area (Å²) in [6.45, 7) is 0. The standard InChI is InChI=1S/C13H13BrClN3/c14-11-4-2-1-3-8(11)5-12(16)10-6-9(15)7-18-13(10)17/h1-4,6-7,12H,5,16H2,(H2,17,18). The molecule has 0 aliphatic rings. The molecule has 0 aliphatic carbocycles. The molecule has 0 saturated carbocycles. The maximum absolute atomic E-state index is 6.17. The molecule has 1 aromatic heterocycles. The molecule has 0 radical (unpaired) electrons. The number of pyridine rings is 1. The number of aromatic nitrogens is 1. The van der Waals surface area contributed by atoms with Crippen LogP contribution in [-0.2, 0) is 6.42 Å². The van der Waals surface area contributed by atoms with Crippen LogP contribution < -0.4 is 11.5 Å². The molecule has 0 spiro atoms. The van der Waals surface area contributed by atoms with Crippen molar-refractivity contribution in [1.29, 1.82) is 0 Å². The molecule has 0 saturated heterocycles. The summed E-state index contributed by atoms with van der Waals surface area (Å²) in [5, 5.41) is 0.543. The Labute approximate surface area is 119 Å². The lowest BCUT2D eigenvalue weighted by atomic mass is 10.0. The van der Waals surface area contributed by atoms with Gasteiger partial charge in [0.15, 0.2) is 0 Å². The van der Waals surface area contributed by atoms with Crippen LogP contribution in [0.15, 0.2) is 41.0 Å². The number of benzene rings is 1. The Kier molecular flexibility index (Phi) is 4.22. The molecule has 0 aliphatic heterocycles. The third kappa shape index (κ3) is 3.02. The van der Waals surface area contributed by atoms with E-state index < -0.39 is 0 Å². The molecular weight excluding hydrogens is 314 g/mol. The molecule has 1 heterocycles. The van der Waals surface area contributed by atoms with Gasteiger partial charge >= 0.3 is 0 Å².